The number of aryl methyl sites for hydroxylation is 1. The van der Waals surface area contributed by atoms with Gasteiger partial charge in [-0.2, -0.15) is 5.26 Å². The third kappa shape index (κ3) is 1.81. The van der Waals surface area contributed by atoms with Crippen molar-refractivity contribution in [1.82, 2.24) is 9.55 Å². The Kier molecular flexibility index (Phi) is 2.76. The van der Waals surface area contributed by atoms with Crippen molar-refractivity contribution in [2.75, 3.05) is 6.79 Å². The van der Waals surface area contributed by atoms with E-state index >= 15 is 0 Å². The summed E-state index contributed by atoms with van der Waals surface area (Å²) in [6, 6.07) is 14.0. The summed E-state index contributed by atoms with van der Waals surface area (Å²) in [7, 11) is 0. The van der Waals surface area contributed by atoms with E-state index in [4.69, 9.17) is 14.5 Å². The first-order chi connectivity index (χ1) is 10.8. The predicted molar refractivity (Wildman–Crippen MR) is 81.6 cm³/mol. The number of nitrogens with zero attached hydrogens (tertiary/aromatic N) is 3. The molecule has 0 N–H and O–H groups in total. The molecule has 108 valence electrons. The fourth-order valence-electron chi connectivity index (χ4n) is 2.77. The molecule has 5 nitrogen and oxygen atoms in total. The third-order valence-electron chi connectivity index (χ3n) is 3.86. The average Bonchev–Trinajstić information content (AvgIpc) is 3.10. The molecule has 22 heavy (non-hydrogen) atoms. The molecule has 1 aliphatic heterocycles. The second kappa shape index (κ2) is 4.78. The molecule has 0 radical (unpaired) electrons. The van der Waals surface area contributed by atoms with Crippen LogP contribution < -0.4 is 9.47 Å². The van der Waals surface area contributed by atoms with Crippen molar-refractivity contribution >= 4 is 11.0 Å². The Labute approximate surface area is 127 Å². The molecule has 4 rings (SSSR count). The predicted octanol–water partition coefficient (Wildman–Crippen LogP) is 3.26. The third-order valence-corrected chi connectivity index (χ3v) is 3.86. The fourth-order valence-corrected chi connectivity index (χ4v) is 2.77. The van der Waals surface area contributed by atoms with E-state index in [1.165, 1.54) is 0 Å². The number of hydrogen-bond donors (Lipinski definition) is 0. The van der Waals surface area contributed by atoms with Gasteiger partial charge in [0.15, 0.2) is 11.5 Å². The number of imidazole rings is 1. The maximum absolute atomic E-state index is 9.18. The number of rotatable bonds is 2. The van der Waals surface area contributed by atoms with Crippen molar-refractivity contribution in [3.8, 4) is 29.0 Å². The summed E-state index contributed by atoms with van der Waals surface area (Å²) < 4.78 is 12.8. The van der Waals surface area contributed by atoms with Gasteiger partial charge in [0.05, 0.1) is 17.1 Å². The molecule has 3 aromatic rings. The zero-order chi connectivity index (χ0) is 15.1. The number of aromatic nitrogens is 2. The number of hydrogen-bond acceptors (Lipinski definition) is 4. The lowest BCUT2D eigenvalue weighted by molar-refractivity contribution is 0.174. The maximum atomic E-state index is 9.18. The molecule has 0 saturated heterocycles. The van der Waals surface area contributed by atoms with Gasteiger partial charge in [-0.15, -0.1) is 0 Å². The Morgan fingerprint density at radius 2 is 2.00 bits per heavy atom. The highest BCUT2D eigenvalue weighted by Gasteiger charge is 2.20. The van der Waals surface area contributed by atoms with E-state index in [1.807, 2.05) is 47.9 Å². The minimum absolute atomic E-state index is 0.227. The fraction of sp³-hybridized carbons (Fsp3) is 0.176. The summed E-state index contributed by atoms with van der Waals surface area (Å²) >= 11 is 0. The Bertz CT molecular complexity index is 922. The normalized spacial score (nSPS) is 12.5. The molecular weight excluding hydrogens is 278 g/mol. The second-order valence-electron chi connectivity index (χ2n) is 5.19. The van der Waals surface area contributed by atoms with Crippen LogP contribution in [0.2, 0.25) is 0 Å². The van der Waals surface area contributed by atoms with Crippen LogP contribution in [0.25, 0.3) is 22.4 Å². The zero-order valence-corrected chi connectivity index (χ0v) is 12.0. The van der Waals surface area contributed by atoms with Crippen LogP contribution in [-0.2, 0) is 6.54 Å². The molecule has 0 bridgehead atoms. The number of nitriles is 1. The summed E-state index contributed by atoms with van der Waals surface area (Å²) in [4.78, 5) is 4.72. The summed E-state index contributed by atoms with van der Waals surface area (Å²) in [5, 5.41) is 9.18. The van der Waals surface area contributed by atoms with Crippen LogP contribution >= 0.6 is 0 Å². The Morgan fingerprint density at radius 3 is 2.77 bits per heavy atom. The van der Waals surface area contributed by atoms with E-state index < -0.39 is 0 Å². The van der Waals surface area contributed by atoms with Crippen LogP contribution in [0.3, 0.4) is 0 Å². The monoisotopic (exact) mass is 291 g/mol. The van der Waals surface area contributed by atoms with Crippen LogP contribution in [0.4, 0.5) is 0 Å². The van der Waals surface area contributed by atoms with Gasteiger partial charge < -0.3 is 14.0 Å². The Balaban J connectivity index is 2.01. The molecule has 0 amide bonds. The summed E-state index contributed by atoms with van der Waals surface area (Å²) in [6.07, 6.45) is 0. The van der Waals surface area contributed by atoms with Gasteiger partial charge in [0.1, 0.15) is 12.4 Å². The molecule has 0 fully saturated rings. The van der Waals surface area contributed by atoms with Crippen LogP contribution in [0.5, 0.6) is 11.5 Å². The topological polar surface area (TPSA) is 60.1 Å². The smallest absolute Gasteiger partial charge is 0.231 e. The first-order valence-corrected chi connectivity index (χ1v) is 7.01. The van der Waals surface area contributed by atoms with E-state index in [2.05, 4.69) is 6.07 Å². The minimum atomic E-state index is 0.227. The maximum Gasteiger partial charge on any atom is 0.231 e. The van der Waals surface area contributed by atoms with Gasteiger partial charge in [-0.3, -0.25) is 0 Å². The van der Waals surface area contributed by atoms with E-state index in [9.17, 15) is 5.26 Å². The molecule has 2 heterocycles. The van der Waals surface area contributed by atoms with E-state index in [-0.39, 0.29) is 13.3 Å². The lowest BCUT2D eigenvalue weighted by Gasteiger charge is -2.07. The summed E-state index contributed by atoms with van der Waals surface area (Å²) in [5.74, 6) is 2.19. The first-order valence-electron chi connectivity index (χ1n) is 7.01. The van der Waals surface area contributed by atoms with E-state index in [0.717, 1.165) is 28.0 Å². The standard InChI is InChI=1S/C17H13N3O2/c1-11-4-2-3-5-12(11)17-19-13-8-15-16(22-10-21-15)9-14(13)20(17)7-6-18/h2-5,8-9H,7,10H2,1H3. The van der Waals surface area contributed by atoms with Crippen LogP contribution in [0, 0.1) is 18.3 Å². The van der Waals surface area contributed by atoms with Gasteiger partial charge in [-0.25, -0.2) is 4.98 Å². The number of ether oxygens (including phenoxy) is 2. The van der Waals surface area contributed by atoms with Crippen molar-refractivity contribution in [1.29, 1.82) is 5.26 Å². The van der Waals surface area contributed by atoms with Crippen molar-refractivity contribution in [2.45, 2.75) is 13.5 Å². The van der Waals surface area contributed by atoms with Gasteiger partial charge in [-0.05, 0) is 12.5 Å². The highest BCUT2D eigenvalue weighted by Crippen LogP contribution is 2.37. The molecule has 1 aliphatic rings. The van der Waals surface area contributed by atoms with Gasteiger partial charge >= 0.3 is 0 Å². The van der Waals surface area contributed by atoms with Crippen molar-refractivity contribution < 1.29 is 9.47 Å². The average molecular weight is 291 g/mol. The first kappa shape index (κ1) is 12.7. The van der Waals surface area contributed by atoms with Gasteiger partial charge in [0, 0.05) is 17.7 Å². The van der Waals surface area contributed by atoms with Crippen molar-refractivity contribution in [3.05, 3.63) is 42.0 Å². The molecule has 0 saturated carbocycles. The largest absolute Gasteiger partial charge is 0.454 e. The minimum Gasteiger partial charge on any atom is -0.454 e. The molecule has 0 atom stereocenters. The Morgan fingerprint density at radius 1 is 1.23 bits per heavy atom. The van der Waals surface area contributed by atoms with Gasteiger partial charge in [0.25, 0.3) is 0 Å². The van der Waals surface area contributed by atoms with Crippen LogP contribution in [0.15, 0.2) is 36.4 Å². The highest BCUT2D eigenvalue weighted by atomic mass is 16.7. The van der Waals surface area contributed by atoms with E-state index in [0.29, 0.717) is 11.5 Å². The van der Waals surface area contributed by atoms with Crippen molar-refractivity contribution in [2.24, 2.45) is 0 Å². The molecule has 0 aliphatic carbocycles. The summed E-state index contributed by atoms with van der Waals surface area (Å²) in [5.41, 5.74) is 3.83. The second-order valence-corrected chi connectivity index (χ2v) is 5.19. The van der Waals surface area contributed by atoms with Crippen molar-refractivity contribution in [3.63, 3.8) is 0 Å². The highest BCUT2D eigenvalue weighted by molar-refractivity contribution is 5.85. The van der Waals surface area contributed by atoms with Crippen LogP contribution in [0.1, 0.15) is 5.56 Å². The SMILES string of the molecule is Cc1ccccc1-c1nc2cc3c(cc2n1CC#N)OCO3. The molecule has 0 unspecified atom stereocenters. The van der Waals surface area contributed by atoms with E-state index in [1.54, 1.807) is 0 Å². The molecular formula is C17H13N3O2. The molecule has 2 aromatic carbocycles. The van der Waals surface area contributed by atoms with Gasteiger partial charge in [0.2, 0.25) is 6.79 Å². The lowest BCUT2D eigenvalue weighted by Crippen LogP contribution is -2.00. The lowest BCUT2D eigenvalue weighted by atomic mass is 10.1. The quantitative estimate of drug-likeness (QED) is 0.727. The molecule has 1 aromatic heterocycles. The zero-order valence-electron chi connectivity index (χ0n) is 12.0. The molecule has 0 spiro atoms. The molecule has 5 heteroatoms. The number of fused-ring (bicyclic) bond motifs is 2. The van der Waals surface area contributed by atoms with Gasteiger partial charge in [-0.1, -0.05) is 24.3 Å². The van der Waals surface area contributed by atoms with Crippen LogP contribution in [-0.4, -0.2) is 16.3 Å². The Hall–Kier alpha value is -3.00. The number of benzene rings is 2. The summed E-state index contributed by atoms with van der Waals surface area (Å²) in [6.45, 7) is 2.50.